The van der Waals surface area contributed by atoms with Gasteiger partial charge >= 0.3 is 0 Å². The van der Waals surface area contributed by atoms with Crippen molar-refractivity contribution >= 4 is 0 Å². The zero-order valence-electron chi connectivity index (χ0n) is 8.67. The molecule has 2 nitrogen and oxygen atoms in total. The van der Waals surface area contributed by atoms with Crippen LogP contribution >= 0.6 is 0 Å². The van der Waals surface area contributed by atoms with Crippen molar-refractivity contribution < 1.29 is 4.74 Å². The van der Waals surface area contributed by atoms with Crippen LogP contribution in [0.3, 0.4) is 0 Å². The van der Waals surface area contributed by atoms with Crippen LogP contribution in [0.25, 0.3) is 0 Å². The molecule has 76 valence electrons. The molecule has 2 atom stereocenters. The lowest BCUT2D eigenvalue weighted by Gasteiger charge is -2.32. The molecule has 2 aliphatic rings. The van der Waals surface area contributed by atoms with Gasteiger partial charge in [0.2, 0.25) is 0 Å². The first kappa shape index (κ1) is 9.47. The summed E-state index contributed by atoms with van der Waals surface area (Å²) in [5.41, 5.74) is 0. The summed E-state index contributed by atoms with van der Waals surface area (Å²) in [6.45, 7) is 8.29. The molecule has 0 amide bonds. The van der Waals surface area contributed by atoms with E-state index in [1.54, 1.807) is 0 Å². The fraction of sp³-hybridized carbons (Fsp3) is 1.00. The van der Waals surface area contributed by atoms with Crippen LogP contribution in [0, 0.1) is 11.8 Å². The summed E-state index contributed by atoms with van der Waals surface area (Å²) in [4.78, 5) is 2.63. The third-order valence-electron chi connectivity index (χ3n) is 3.28. The predicted molar refractivity (Wildman–Crippen MR) is 53.8 cm³/mol. The third-order valence-corrected chi connectivity index (χ3v) is 3.28. The average molecular weight is 183 g/mol. The van der Waals surface area contributed by atoms with Crippen LogP contribution in [0.15, 0.2) is 0 Å². The molecule has 2 saturated heterocycles. The summed E-state index contributed by atoms with van der Waals surface area (Å²) in [6.07, 6.45) is 4.11. The largest absolute Gasteiger partial charge is 0.381 e. The van der Waals surface area contributed by atoms with E-state index in [0.29, 0.717) is 0 Å². The van der Waals surface area contributed by atoms with Gasteiger partial charge in [0.1, 0.15) is 0 Å². The summed E-state index contributed by atoms with van der Waals surface area (Å²) in [5.74, 6) is 1.74. The maximum Gasteiger partial charge on any atom is 0.0507 e. The van der Waals surface area contributed by atoms with Gasteiger partial charge in [-0.05, 0) is 37.6 Å². The van der Waals surface area contributed by atoms with Crippen LogP contribution in [0.4, 0.5) is 0 Å². The molecule has 0 aromatic heterocycles. The molecule has 13 heavy (non-hydrogen) atoms. The maximum absolute atomic E-state index is 5.40. The van der Waals surface area contributed by atoms with Crippen molar-refractivity contribution in [3.05, 3.63) is 0 Å². The topological polar surface area (TPSA) is 12.5 Å². The van der Waals surface area contributed by atoms with Gasteiger partial charge in [0.25, 0.3) is 0 Å². The van der Waals surface area contributed by atoms with E-state index >= 15 is 0 Å². The Balaban J connectivity index is 1.73. The molecule has 0 saturated carbocycles. The van der Waals surface area contributed by atoms with Crippen LogP contribution in [-0.2, 0) is 4.74 Å². The zero-order valence-corrected chi connectivity index (χ0v) is 8.67. The molecule has 0 spiro atoms. The van der Waals surface area contributed by atoms with E-state index in [1.807, 2.05) is 0 Å². The van der Waals surface area contributed by atoms with Gasteiger partial charge in [-0.3, -0.25) is 0 Å². The van der Waals surface area contributed by atoms with Crippen molar-refractivity contribution in [1.29, 1.82) is 0 Å². The Bertz CT molecular complexity index is 154. The van der Waals surface area contributed by atoms with Crippen LogP contribution in [0.2, 0.25) is 0 Å². The fourth-order valence-corrected chi connectivity index (χ4v) is 2.54. The number of hydrogen-bond donors (Lipinski definition) is 0. The van der Waals surface area contributed by atoms with Gasteiger partial charge in [-0.2, -0.15) is 0 Å². The van der Waals surface area contributed by atoms with E-state index in [1.165, 1.54) is 38.9 Å². The summed E-state index contributed by atoms with van der Waals surface area (Å²) >= 11 is 0. The van der Waals surface area contributed by atoms with Crippen LogP contribution in [0.1, 0.15) is 26.2 Å². The predicted octanol–water partition coefficient (Wildman–Crippen LogP) is 1.75. The van der Waals surface area contributed by atoms with Crippen molar-refractivity contribution in [1.82, 2.24) is 4.90 Å². The Morgan fingerprint density at radius 1 is 1.38 bits per heavy atom. The summed E-state index contributed by atoms with van der Waals surface area (Å²) in [6, 6.07) is 0. The molecule has 1 unspecified atom stereocenters. The van der Waals surface area contributed by atoms with E-state index in [0.717, 1.165) is 25.0 Å². The number of ether oxygens (including phenoxy) is 1. The Morgan fingerprint density at radius 3 is 3.00 bits per heavy atom. The summed E-state index contributed by atoms with van der Waals surface area (Å²) in [7, 11) is 0. The van der Waals surface area contributed by atoms with Gasteiger partial charge in [-0.1, -0.05) is 6.92 Å². The van der Waals surface area contributed by atoms with E-state index in [4.69, 9.17) is 4.74 Å². The molecule has 0 aromatic rings. The average Bonchev–Trinajstić information content (AvgIpc) is 2.57. The molecular weight excluding hydrogens is 162 g/mol. The lowest BCUT2D eigenvalue weighted by molar-refractivity contribution is 0.139. The molecule has 2 heteroatoms. The smallest absolute Gasteiger partial charge is 0.0507 e. The molecule has 0 aromatic carbocycles. The standard InChI is InChI=1S/C11H21NO/c1-10-3-2-5-12(7-10)8-11-4-6-13-9-11/h10-11H,2-9H2,1H3/t10-,11?/m1/s1. The summed E-state index contributed by atoms with van der Waals surface area (Å²) < 4.78 is 5.40. The highest BCUT2D eigenvalue weighted by Gasteiger charge is 2.22. The lowest BCUT2D eigenvalue weighted by Crippen LogP contribution is -2.37. The van der Waals surface area contributed by atoms with E-state index < -0.39 is 0 Å². The number of hydrogen-bond acceptors (Lipinski definition) is 2. The summed E-state index contributed by atoms with van der Waals surface area (Å²) in [5, 5.41) is 0. The zero-order chi connectivity index (χ0) is 9.10. The quantitative estimate of drug-likeness (QED) is 0.647. The van der Waals surface area contributed by atoms with Gasteiger partial charge in [0.15, 0.2) is 0 Å². The van der Waals surface area contributed by atoms with Gasteiger partial charge in [0, 0.05) is 19.7 Å². The van der Waals surface area contributed by atoms with Crippen LogP contribution < -0.4 is 0 Å². The van der Waals surface area contributed by atoms with Crippen molar-refractivity contribution in [2.75, 3.05) is 32.8 Å². The SMILES string of the molecule is C[C@@H]1CCCN(CC2CCOC2)C1. The molecular formula is C11H21NO. The number of piperidine rings is 1. The van der Waals surface area contributed by atoms with Crippen LogP contribution in [0.5, 0.6) is 0 Å². The minimum atomic E-state index is 0.824. The molecule has 2 aliphatic heterocycles. The normalized spacial score (nSPS) is 36.7. The monoisotopic (exact) mass is 183 g/mol. The number of rotatable bonds is 2. The first-order chi connectivity index (χ1) is 6.34. The Kier molecular flexibility index (Phi) is 3.23. The first-order valence-electron chi connectivity index (χ1n) is 5.64. The van der Waals surface area contributed by atoms with Gasteiger partial charge in [-0.25, -0.2) is 0 Å². The van der Waals surface area contributed by atoms with Crippen molar-refractivity contribution in [2.24, 2.45) is 11.8 Å². The van der Waals surface area contributed by atoms with E-state index in [-0.39, 0.29) is 0 Å². The fourth-order valence-electron chi connectivity index (χ4n) is 2.54. The second-order valence-electron chi connectivity index (χ2n) is 4.74. The Morgan fingerprint density at radius 2 is 2.31 bits per heavy atom. The van der Waals surface area contributed by atoms with Crippen molar-refractivity contribution in [3.63, 3.8) is 0 Å². The van der Waals surface area contributed by atoms with Crippen molar-refractivity contribution in [2.45, 2.75) is 26.2 Å². The number of likely N-dealkylation sites (tertiary alicyclic amines) is 1. The van der Waals surface area contributed by atoms with E-state index in [2.05, 4.69) is 11.8 Å². The van der Waals surface area contributed by atoms with Crippen LogP contribution in [-0.4, -0.2) is 37.7 Å². The number of nitrogens with zero attached hydrogens (tertiary/aromatic N) is 1. The maximum atomic E-state index is 5.40. The van der Waals surface area contributed by atoms with Crippen molar-refractivity contribution in [3.8, 4) is 0 Å². The van der Waals surface area contributed by atoms with Gasteiger partial charge in [0.05, 0.1) is 6.61 Å². The minimum Gasteiger partial charge on any atom is -0.381 e. The Hall–Kier alpha value is -0.0800. The molecule has 2 fully saturated rings. The molecule has 0 aliphatic carbocycles. The van der Waals surface area contributed by atoms with Gasteiger partial charge < -0.3 is 9.64 Å². The highest BCUT2D eigenvalue weighted by Crippen LogP contribution is 2.19. The van der Waals surface area contributed by atoms with Gasteiger partial charge in [-0.15, -0.1) is 0 Å². The molecule has 2 rings (SSSR count). The molecule has 0 N–H and O–H groups in total. The minimum absolute atomic E-state index is 0.824. The van der Waals surface area contributed by atoms with E-state index in [9.17, 15) is 0 Å². The second kappa shape index (κ2) is 4.43. The highest BCUT2D eigenvalue weighted by atomic mass is 16.5. The third kappa shape index (κ3) is 2.68. The molecule has 0 radical (unpaired) electrons. The lowest BCUT2D eigenvalue weighted by atomic mass is 9.98. The Labute approximate surface area is 81.3 Å². The molecule has 2 heterocycles. The molecule has 0 bridgehead atoms. The second-order valence-corrected chi connectivity index (χ2v) is 4.74. The highest BCUT2D eigenvalue weighted by molar-refractivity contribution is 4.74. The first-order valence-corrected chi connectivity index (χ1v) is 5.64.